The van der Waals surface area contributed by atoms with Gasteiger partial charge in [0.2, 0.25) is 0 Å². The molecule has 0 saturated carbocycles. The second kappa shape index (κ2) is 8.15. The highest BCUT2D eigenvalue weighted by molar-refractivity contribution is 7.80. The SMILES string of the molecule is Cc1cc(C(F)(F)F)nn1CCCNC(=S)Nc1ccccc1C(F)(F)F. The molecule has 0 fully saturated rings. The largest absolute Gasteiger partial charge is 0.435 e. The summed E-state index contributed by atoms with van der Waals surface area (Å²) >= 11 is 4.97. The average molecular weight is 410 g/mol. The first-order valence-corrected chi connectivity index (χ1v) is 8.22. The minimum absolute atomic E-state index is 0.0140. The summed E-state index contributed by atoms with van der Waals surface area (Å²) in [4.78, 5) is 0. The van der Waals surface area contributed by atoms with E-state index in [0.717, 1.165) is 12.1 Å². The zero-order valence-electron chi connectivity index (χ0n) is 14.1. The number of para-hydroxylation sites is 1. The second-order valence-corrected chi connectivity index (χ2v) is 6.08. The quantitative estimate of drug-likeness (QED) is 0.429. The molecule has 0 atom stereocenters. The first kappa shape index (κ1) is 21.0. The van der Waals surface area contributed by atoms with Crippen LogP contribution in [0.15, 0.2) is 30.3 Å². The Labute approximate surface area is 156 Å². The fourth-order valence-corrected chi connectivity index (χ4v) is 2.52. The lowest BCUT2D eigenvalue weighted by atomic mass is 10.1. The molecule has 0 bridgehead atoms. The second-order valence-electron chi connectivity index (χ2n) is 5.67. The molecule has 1 heterocycles. The molecule has 1 aromatic carbocycles. The molecule has 0 spiro atoms. The number of anilines is 1. The fourth-order valence-electron chi connectivity index (χ4n) is 2.31. The van der Waals surface area contributed by atoms with Gasteiger partial charge in [-0.15, -0.1) is 0 Å². The van der Waals surface area contributed by atoms with Crippen LogP contribution >= 0.6 is 12.2 Å². The number of benzene rings is 1. The van der Waals surface area contributed by atoms with Crippen molar-refractivity contribution in [1.29, 1.82) is 0 Å². The highest BCUT2D eigenvalue weighted by atomic mass is 32.1. The summed E-state index contributed by atoms with van der Waals surface area (Å²) in [6.45, 7) is 1.97. The highest BCUT2D eigenvalue weighted by Gasteiger charge is 2.34. The maximum absolute atomic E-state index is 12.9. The Balaban J connectivity index is 1.85. The van der Waals surface area contributed by atoms with E-state index in [2.05, 4.69) is 15.7 Å². The van der Waals surface area contributed by atoms with Crippen molar-refractivity contribution in [3.63, 3.8) is 0 Å². The predicted octanol–water partition coefficient (Wildman–Crippen LogP) is 4.61. The molecule has 0 amide bonds. The normalized spacial score (nSPS) is 12.1. The maximum Gasteiger partial charge on any atom is 0.435 e. The summed E-state index contributed by atoms with van der Waals surface area (Å²) < 4.78 is 77.8. The van der Waals surface area contributed by atoms with Crippen molar-refractivity contribution in [2.24, 2.45) is 0 Å². The van der Waals surface area contributed by atoms with Gasteiger partial charge in [0.1, 0.15) is 0 Å². The lowest BCUT2D eigenvalue weighted by molar-refractivity contribution is -0.141. The topological polar surface area (TPSA) is 41.9 Å². The van der Waals surface area contributed by atoms with Crippen molar-refractivity contribution in [1.82, 2.24) is 15.1 Å². The monoisotopic (exact) mass is 410 g/mol. The van der Waals surface area contributed by atoms with Crippen molar-refractivity contribution in [2.45, 2.75) is 32.2 Å². The van der Waals surface area contributed by atoms with Crippen LogP contribution in [-0.4, -0.2) is 21.4 Å². The lowest BCUT2D eigenvalue weighted by Crippen LogP contribution is -2.30. The van der Waals surface area contributed by atoms with Crippen LogP contribution in [0.3, 0.4) is 0 Å². The molecule has 0 aliphatic carbocycles. The van der Waals surface area contributed by atoms with Crippen molar-refractivity contribution in [3.05, 3.63) is 47.3 Å². The molecule has 2 aromatic rings. The number of rotatable bonds is 5. The van der Waals surface area contributed by atoms with Gasteiger partial charge in [0, 0.05) is 18.8 Å². The van der Waals surface area contributed by atoms with Gasteiger partial charge in [-0.05, 0) is 43.8 Å². The molecular weight excluding hydrogens is 394 g/mol. The first-order valence-electron chi connectivity index (χ1n) is 7.81. The van der Waals surface area contributed by atoms with Crippen molar-refractivity contribution < 1.29 is 26.3 Å². The summed E-state index contributed by atoms with van der Waals surface area (Å²) in [5.74, 6) is 0. The van der Waals surface area contributed by atoms with E-state index in [0.29, 0.717) is 12.1 Å². The van der Waals surface area contributed by atoms with Crippen LogP contribution in [-0.2, 0) is 18.9 Å². The van der Waals surface area contributed by atoms with Gasteiger partial charge in [0.25, 0.3) is 0 Å². The lowest BCUT2D eigenvalue weighted by Gasteiger charge is -2.15. The van der Waals surface area contributed by atoms with E-state index < -0.39 is 23.6 Å². The third-order valence-electron chi connectivity index (χ3n) is 3.58. The van der Waals surface area contributed by atoms with Crippen LogP contribution in [0.4, 0.5) is 32.0 Å². The molecular formula is C16H16F6N4S. The van der Waals surface area contributed by atoms with Crippen LogP contribution in [0.2, 0.25) is 0 Å². The first-order chi connectivity index (χ1) is 12.5. The van der Waals surface area contributed by atoms with Crippen molar-refractivity contribution >= 4 is 23.0 Å². The van der Waals surface area contributed by atoms with Gasteiger partial charge < -0.3 is 10.6 Å². The number of hydrogen-bond donors (Lipinski definition) is 2. The summed E-state index contributed by atoms with van der Waals surface area (Å²) in [7, 11) is 0. The van der Waals surface area contributed by atoms with E-state index in [1.165, 1.54) is 29.8 Å². The van der Waals surface area contributed by atoms with E-state index in [4.69, 9.17) is 12.2 Å². The number of nitrogens with zero attached hydrogens (tertiary/aromatic N) is 2. The van der Waals surface area contributed by atoms with Crippen molar-refractivity contribution in [2.75, 3.05) is 11.9 Å². The maximum atomic E-state index is 12.9. The summed E-state index contributed by atoms with van der Waals surface area (Å²) in [6.07, 6.45) is -8.65. The predicted molar refractivity (Wildman–Crippen MR) is 92.3 cm³/mol. The number of halogens is 6. The number of hydrogen-bond acceptors (Lipinski definition) is 2. The number of aryl methyl sites for hydroxylation is 2. The van der Waals surface area contributed by atoms with Crippen LogP contribution in [0, 0.1) is 6.92 Å². The third kappa shape index (κ3) is 5.84. The molecule has 2 rings (SSSR count). The summed E-state index contributed by atoms with van der Waals surface area (Å²) in [5.41, 5.74) is -1.63. The van der Waals surface area contributed by atoms with Gasteiger partial charge in [-0.1, -0.05) is 12.1 Å². The Hall–Kier alpha value is -2.30. The van der Waals surface area contributed by atoms with Crippen molar-refractivity contribution in [3.8, 4) is 0 Å². The molecule has 0 saturated heterocycles. The minimum atomic E-state index is -4.52. The van der Waals surface area contributed by atoms with Gasteiger partial charge in [-0.3, -0.25) is 4.68 Å². The van der Waals surface area contributed by atoms with E-state index in [-0.39, 0.29) is 23.9 Å². The zero-order valence-corrected chi connectivity index (χ0v) is 14.9. The number of aromatic nitrogens is 2. The number of thiocarbonyl (C=S) groups is 1. The van der Waals surface area contributed by atoms with E-state index in [1.807, 2.05) is 0 Å². The molecule has 2 N–H and O–H groups in total. The van der Waals surface area contributed by atoms with E-state index >= 15 is 0 Å². The van der Waals surface area contributed by atoms with Gasteiger partial charge in [-0.2, -0.15) is 31.4 Å². The Kier molecular flexibility index (Phi) is 6.34. The summed E-state index contributed by atoms with van der Waals surface area (Å²) in [5, 5.41) is 8.69. The molecule has 27 heavy (non-hydrogen) atoms. The van der Waals surface area contributed by atoms with E-state index in [1.54, 1.807) is 0 Å². The molecule has 0 aliphatic rings. The Morgan fingerprint density at radius 3 is 2.37 bits per heavy atom. The minimum Gasteiger partial charge on any atom is -0.362 e. The molecule has 0 unspecified atom stereocenters. The Morgan fingerprint density at radius 2 is 1.78 bits per heavy atom. The number of alkyl halides is 6. The molecule has 4 nitrogen and oxygen atoms in total. The molecule has 0 aliphatic heterocycles. The highest BCUT2D eigenvalue weighted by Crippen LogP contribution is 2.34. The Bertz CT molecular complexity index is 797. The fraction of sp³-hybridized carbons (Fsp3) is 0.375. The van der Waals surface area contributed by atoms with Gasteiger partial charge in [0.15, 0.2) is 10.8 Å². The zero-order chi connectivity index (χ0) is 20.2. The third-order valence-corrected chi connectivity index (χ3v) is 3.83. The number of nitrogens with one attached hydrogen (secondary N) is 2. The average Bonchev–Trinajstić information content (AvgIpc) is 2.92. The van der Waals surface area contributed by atoms with Gasteiger partial charge in [0.05, 0.1) is 11.3 Å². The van der Waals surface area contributed by atoms with Crippen LogP contribution in [0.5, 0.6) is 0 Å². The standard InChI is InChI=1S/C16H16F6N4S/c1-10-9-13(16(20,21)22)25-26(10)8-4-7-23-14(27)24-12-6-3-2-5-11(12)15(17,18)19/h2-3,5-6,9H,4,7-8H2,1H3,(H2,23,24,27). The molecule has 148 valence electrons. The molecule has 1 aromatic heterocycles. The Morgan fingerprint density at radius 1 is 1.11 bits per heavy atom. The molecule has 0 radical (unpaired) electrons. The smallest absolute Gasteiger partial charge is 0.362 e. The molecule has 11 heteroatoms. The van der Waals surface area contributed by atoms with Crippen LogP contribution in [0.25, 0.3) is 0 Å². The van der Waals surface area contributed by atoms with Crippen LogP contribution in [0.1, 0.15) is 23.4 Å². The van der Waals surface area contributed by atoms with Crippen LogP contribution < -0.4 is 10.6 Å². The van der Waals surface area contributed by atoms with E-state index in [9.17, 15) is 26.3 Å². The summed E-state index contributed by atoms with van der Waals surface area (Å²) in [6, 6.07) is 5.85. The van der Waals surface area contributed by atoms with Gasteiger partial charge in [-0.25, -0.2) is 0 Å². The van der Waals surface area contributed by atoms with Gasteiger partial charge >= 0.3 is 12.4 Å².